The van der Waals surface area contributed by atoms with Gasteiger partial charge >= 0.3 is 0 Å². The first-order valence-corrected chi connectivity index (χ1v) is 14.3. The maximum Gasteiger partial charge on any atom is 0.165 e. The van der Waals surface area contributed by atoms with Crippen molar-refractivity contribution in [1.29, 1.82) is 0 Å². The summed E-state index contributed by atoms with van der Waals surface area (Å²) < 4.78 is 14.3. The first-order chi connectivity index (χ1) is 16.2. The molecule has 2 fully saturated rings. The number of aryl methyl sites for hydroxylation is 1. The summed E-state index contributed by atoms with van der Waals surface area (Å²) in [5.74, 6) is 2.86. The molecule has 5 nitrogen and oxygen atoms in total. The molecule has 2 aliphatic rings. The summed E-state index contributed by atoms with van der Waals surface area (Å²) in [6.07, 6.45) is 9.26. The first-order valence-electron chi connectivity index (χ1n) is 11.8. The van der Waals surface area contributed by atoms with E-state index in [-0.39, 0.29) is 6.29 Å². The van der Waals surface area contributed by atoms with Crippen LogP contribution in [0.15, 0.2) is 72.1 Å². The van der Waals surface area contributed by atoms with Crippen molar-refractivity contribution in [3.05, 3.63) is 77.8 Å². The molecule has 0 aliphatic carbocycles. The summed E-state index contributed by atoms with van der Waals surface area (Å²) in [7, 11) is -1.36. The Kier molecular flexibility index (Phi) is 7.26. The van der Waals surface area contributed by atoms with E-state index in [9.17, 15) is 0 Å². The second-order valence-electron chi connectivity index (χ2n) is 8.83. The van der Waals surface area contributed by atoms with Gasteiger partial charge in [-0.1, -0.05) is 35.9 Å². The molecule has 2 aromatic carbocycles. The average Bonchev–Trinajstić information content (AvgIpc) is 3.63. The van der Waals surface area contributed by atoms with Gasteiger partial charge in [-0.2, -0.15) is 10.0 Å². The molecule has 176 valence electrons. The number of hydrogen-bond acceptors (Lipinski definition) is 4. The van der Waals surface area contributed by atoms with Gasteiger partial charge in [-0.15, -0.1) is 0 Å². The normalized spacial score (nSPS) is 19.6. The van der Waals surface area contributed by atoms with Crippen LogP contribution in [0.2, 0.25) is 5.02 Å². The van der Waals surface area contributed by atoms with Crippen LogP contribution in [-0.4, -0.2) is 53.7 Å². The van der Waals surface area contributed by atoms with E-state index >= 15 is 0 Å². The molecule has 33 heavy (non-hydrogen) atoms. The predicted molar refractivity (Wildman–Crippen MR) is 137 cm³/mol. The fourth-order valence-electron chi connectivity index (χ4n) is 4.89. The number of aromatic nitrogens is 2. The summed E-state index contributed by atoms with van der Waals surface area (Å²) >= 11 is 6.16. The summed E-state index contributed by atoms with van der Waals surface area (Å²) in [5, 5.41) is 0.780. The van der Waals surface area contributed by atoms with Gasteiger partial charge in [0.1, 0.15) is 0 Å². The van der Waals surface area contributed by atoms with Crippen LogP contribution in [0.25, 0.3) is 0 Å². The van der Waals surface area contributed by atoms with Crippen LogP contribution in [-0.2, 0) is 21.8 Å². The molecule has 3 heterocycles. The minimum Gasteiger partial charge on any atom is -0.371 e. The molecule has 0 N–H and O–H groups in total. The van der Waals surface area contributed by atoms with Gasteiger partial charge in [0.2, 0.25) is 0 Å². The van der Waals surface area contributed by atoms with Crippen molar-refractivity contribution < 1.29 is 9.47 Å². The minimum atomic E-state index is -1.36. The van der Waals surface area contributed by atoms with Crippen molar-refractivity contribution in [2.45, 2.75) is 36.3 Å². The van der Waals surface area contributed by atoms with E-state index in [0.717, 1.165) is 41.9 Å². The third-order valence-electron chi connectivity index (χ3n) is 6.57. The smallest absolute Gasteiger partial charge is 0.165 e. The molecule has 1 unspecified atom stereocenters. The average molecular weight is 486 g/mol. The summed E-state index contributed by atoms with van der Waals surface area (Å²) in [6.45, 7) is 3.61. The molecule has 2 saturated heterocycles. The first kappa shape index (κ1) is 22.8. The lowest BCUT2D eigenvalue weighted by molar-refractivity contribution is -0.0221. The number of nitrogens with zero attached hydrogens (tertiary/aromatic N) is 3. The van der Waals surface area contributed by atoms with Crippen molar-refractivity contribution in [3.8, 4) is 0 Å². The second-order valence-corrected chi connectivity index (χ2v) is 12.8. The fraction of sp³-hybridized carbons (Fsp3) is 0.423. The maximum absolute atomic E-state index is 6.16. The Morgan fingerprint density at radius 3 is 2.48 bits per heavy atom. The number of imidazole rings is 1. The lowest BCUT2D eigenvalue weighted by atomic mass is 10.2. The van der Waals surface area contributed by atoms with E-state index in [1.165, 1.54) is 29.0 Å². The zero-order valence-corrected chi connectivity index (χ0v) is 20.5. The van der Waals surface area contributed by atoms with Gasteiger partial charge in [0.05, 0.1) is 25.4 Å². The van der Waals surface area contributed by atoms with Gasteiger partial charge in [0.25, 0.3) is 0 Å². The zero-order valence-electron chi connectivity index (χ0n) is 18.9. The highest BCUT2D eigenvalue weighted by Gasteiger charge is 2.35. The van der Waals surface area contributed by atoms with Crippen LogP contribution < -0.4 is 4.90 Å². The summed E-state index contributed by atoms with van der Waals surface area (Å²) in [5.41, 5.74) is 2.70. The summed E-state index contributed by atoms with van der Waals surface area (Å²) in [6, 6.07) is 17.3. The van der Waals surface area contributed by atoms with Crippen LogP contribution in [0, 0.1) is 0 Å². The minimum absolute atomic E-state index is 0.152. The van der Waals surface area contributed by atoms with Crippen molar-refractivity contribution in [2.24, 2.45) is 0 Å². The largest absolute Gasteiger partial charge is 0.371 e. The maximum atomic E-state index is 6.16. The van der Waals surface area contributed by atoms with E-state index in [1.54, 1.807) is 0 Å². The van der Waals surface area contributed by atoms with E-state index in [0.29, 0.717) is 13.2 Å². The lowest BCUT2D eigenvalue weighted by Gasteiger charge is -2.44. The van der Waals surface area contributed by atoms with Crippen LogP contribution in [0.4, 0.5) is 5.69 Å². The molecule has 1 aromatic heterocycles. The number of rotatable bonds is 9. The highest BCUT2D eigenvalue weighted by Crippen LogP contribution is 2.61. The molecule has 0 saturated carbocycles. The van der Waals surface area contributed by atoms with Crippen LogP contribution in [0.3, 0.4) is 0 Å². The van der Waals surface area contributed by atoms with Gasteiger partial charge in [-0.05, 0) is 54.8 Å². The van der Waals surface area contributed by atoms with Crippen molar-refractivity contribution in [1.82, 2.24) is 9.55 Å². The Labute approximate surface area is 203 Å². The molecular formula is C26H32ClN3O2S. The molecule has 3 aromatic rings. The Bertz CT molecular complexity index is 1020. The van der Waals surface area contributed by atoms with Gasteiger partial charge in [-0.3, -0.25) is 0 Å². The van der Waals surface area contributed by atoms with Crippen LogP contribution in [0.5, 0.6) is 0 Å². The molecule has 0 amide bonds. The van der Waals surface area contributed by atoms with Crippen LogP contribution >= 0.6 is 21.6 Å². The predicted octanol–water partition coefficient (Wildman–Crippen LogP) is 5.57. The van der Waals surface area contributed by atoms with Crippen molar-refractivity contribution in [2.75, 3.05) is 42.7 Å². The number of halogens is 1. The third-order valence-corrected chi connectivity index (χ3v) is 10.8. The van der Waals surface area contributed by atoms with Gasteiger partial charge in [-0.25, -0.2) is 4.98 Å². The topological polar surface area (TPSA) is 39.5 Å². The zero-order chi connectivity index (χ0) is 22.5. The number of para-hydroxylation sites is 1. The Hall–Kier alpha value is -1.99. The highest BCUT2D eigenvalue weighted by molar-refractivity contribution is 8.33. The van der Waals surface area contributed by atoms with Gasteiger partial charge in [0, 0.05) is 46.8 Å². The standard InChI is InChI=1S/C26H32ClN3O2S/c27-23-9-7-22(8-10-23)11-18-33(19-26-31-16-17-32-26,21-29-15-12-28-20-29)25-6-2-1-5-24(25)30-13-3-4-14-30/h1-2,5-10,12,15,20,26H,3-4,11,13-14,16-19,21H2. The Morgan fingerprint density at radius 1 is 1.00 bits per heavy atom. The Morgan fingerprint density at radius 2 is 1.76 bits per heavy atom. The van der Waals surface area contributed by atoms with E-state index in [1.807, 2.05) is 24.7 Å². The van der Waals surface area contributed by atoms with Crippen LogP contribution in [0.1, 0.15) is 18.4 Å². The molecule has 1 atom stereocenters. The quantitative estimate of drug-likeness (QED) is 0.397. The van der Waals surface area contributed by atoms with Crippen molar-refractivity contribution in [3.63, 3.8) is 0 Å². The number of anilines is 1. The molecule has 0 radical (unpaired) electrons. The number of ether oxygens (including phenoxy) is 2. The SMILES string of the molecule is Clc1ccc(CCS(CC2OCCO2)(Cn2ccnc2)c2ccccc2N2CCCC2)cc1. The molecule has 5 rings (SSSR count). The molecular weight excluding hydrogens is 454 g/mol. The second kappa shape index (κ2) is 10.5. The van der Waals surface area contributed by atoms with E-state index < -0.39 is 10.0 Å². The molecule has 7 heteroatoms. The molecule has 0 bridgehead atoms. The fourth-order valence-corrected chi connectivity index (χ4v) is 9.03. The lowest BCUT2D eigenvalue weighted by Crippen LogP contribution is -2.28. The molecule has 2 aliphatic heterocycles. The van der Waals surface area contributed by atoms with E-state index in [4.69, 9.17) is 21.1 Å². The monoisotopic (exact) mass is 485 g/mol. The molecule has 0 spiro atoms. The Balaban J connectivity index is 1.56. The van der Waals surface area contributed by atoms with E-state index in [2.05, 4.69) is 57.0 Å². The number of benzene rings is 2. The van der Waals surface area contributed by atoms with Gasteiger partial charge < -0.3 is 18.9 Å². The van der Waals surface area contributed by atoms with Crippen molar-refractivity contribution >= 4 is 27.3 Å². The number of hydrogen-bond donors (Lipinski definition) is 0. The van der Waals surface area contributed by atoms with Gasteiger partial charge in [0.15, 0.2) is 6.29 Å². The summed E-state index contributed by atoms with van der Waals surface area (Å²) in [4.78, 5) is 8.39. The third kappa shape index (κ3) is 5.40. The highest BCUT2D eigenvalue weighted by atomic mass is 35.5.